The molecule has 1 aromatic carbocycles. The van der Waals surface area contributed by atoms with Crippen molar-refractivity contribution in [2.24, 2.45) is 10.8 Å². The average Bonchev–Trinajstić information content (AvgIpc) is 2.36. The average molecular weight is 393 g/mol. The number of methoxy groups -OCH3 is 1. The van der Waals surface area contributed by atoms with Crippen molar-refractivity contribution in [2.45, 2.75) is 13.3 Å². The molecule has 104 valence electrons. The van der Waals surface area contributed by atoms with E-state index in [2.05, 4.69) is 52.3 Å². The minimum atomic E-state index is 0.126. The number of ether oxygens (including phenoxy) is 2. The second kappa shape index (κ2) is 8.16. The molecule has 19 heavy (non-hydrogen) atoms. The molecular formula is C12H16IN3O2S. The second-order valence-electron chi connectivity index (χ2n) is 3.62. The van der Waals surface area contributed by atoms with E-state index in [1.165, 1.54) is 0 Å². The van der Waals surface area contributed by atoms with E-state index < -0.39 is 0 Å². The van der Waals surface area contributed by atoms with Crippen molar-refractivity contribution in [1.29, 1.82) is 0 Å². The lowest BCUT2D eigenvalue weighted by Crippen LogP contribution is -2.24. The smallest absolute Gasteiger partial charge is 0.184 e. The van der Waals surface area contributed by atoms with E-state index in [4.69, 9.17) is 15.2 Å². The third-order valence-electron chi connectivity index (χ3n) is 2.09. The van der Waals surface area contributed by atoms with E-state index in [1.807, 2.05) is 12.1 Å². The zero-order valence-electron chi connectivity index (χ0n) is 10.8. The zero-order valence-corrected chi connectivity index (χ0v) is 13.7. The van der Waals surface area contributed by atoms with Gasteiger partial charge in [-0.25, -0.2) is 0 Å². The lowest BCUT2D eigenvalue weighted by atomic mass is 10.2. The number of rotatable bonds is 6. The monoisotopic (exact) mass is 393 g/mol. The van der Waals surface area contributed by atoms with Gasteiger partial charge in [-0.1, -0.05) is 6.92 Å². The Labute approximate surface area is 131 Å². The summed E-state index contributed by atoms with van der Waals surface area (Å²) in [6.45, 7) is 2.71. The highest BCUT2D eigenvalue weighted by atomic mass is 127. The van der Waals surface area contributed by atoms with Crippen LogP contribution in [0.25, 0.3) is 0 Å². The highest BCUT2D eigenvalue weighted by Gasteiger charge is 2.10. The highest BCUT2D eigenvalue weighted by molar-refractivity contribution is 14.1. The van der Waals surface area contributed by atoms with Gasteiger partial charge < -0.3 is 15.2 Å². The van der Waals surface area contributed by atoms with Gasteiger partial charge in [0.15, 0.2) is 16.6 Å². The molecule has 1 rings (SSSR count). The van der Waals surface area contributed by atoms with Gasteiger partial charge in [0, 0.05) is 0 Å². The summed E-state index contributed by atoms with van der Waals surface area (Å²) in [5, 5.41) is 4.03. The Balaban J connectivity index is 2.95. The first kappa shape index (κ1) is 16.0. The Morgan fingerprint density at radius 1 is 1.58 bits per heavy atom. The van der Waals surface area contributed by atoms with Crippen molar-refractivity contribution in [3.05, 3.63) is 21.3 Å². The molecule has 0 aliphatic carbocycles. The number of nitrogens with one attached hydrogen (secondary N) is 1. The number of hydrogen-bond acceptors (Lipinski definition) is 4. The Hall–Kier alpha value is -1.09. The summed E-state index contributed by atoms with van der Waals surface area (Å²) >= 11 is 6.86. The molecule has 0 bridgehead atoms. The normalized spacial score (nSPS) is 10.5. The van der Waals surface area contributed by atoms with Crippen LogP contribution < -0.4 is 20.6 Å². The van der Waals surface area contributed by atoms with Crippen LogP contribution in [0.4, 0.5) is 0 Å². The number of nitrogens with zero attached hydrogens (tertiary/aromatic N) is 1. The number of hydrogen-bond donors (Lipinski definition) is 2. The largest absolute Gasteiger partial charge is 0.493 e. The zero-order chi connectivity index (χ0) is 14.3. The number of halogens is 1. The van der Waals surface area contributed by atoms with Crippen molar-refractivity contribution < 1.29 is 9.47 Å². The number of hydrazone groups is 1. The maximum absolute atomic E-state index is 5.67. The minimum Gasteiger partial charge on any atom is -0.493 e. The fourth-order valence-electron chi connectivity index (χ4n) is 1.33. The number of nitrogens with two attached hydrogens (primary N) is 1. The molecule has 0 heterocycles. The molecular weight excluding hydrogens is 377 g/mol. The summed E-state index contributed by atoms with van der Waals surface area (Å²) in [5.74, 6) is 1.43. The van der Waals surface area contributed by atoms with Crippen LogP contribution in [0.1, 0.15) is 18.9 Å². The van der Waals surface area contributed by atoms with E-state index in [0.717, 1.165) is 21.3 Å². The van der Waals surface area contributed by atoms with Crippen LogP contribution in [0.15, 0.2) is 17.2 Å². The third-order valence-corrected chi connectivity index (χ3v) is 2.98. The molecule has 0 aromatic heterocycles. The molecule has 0 aliphatic rings. The highest BCUT2D eigenvalue weighted by Crippen LogP contribution is 2.33. The quantitative estimate of drug-likeness (QED) is 0.336. The molecule has 0 radical (unpaired) electrons. The standard InChI is InChI=1S/C12H16IN3O2S/c1-3-4-18-11-9(13)5-8(6-10(11)17-2)7-15-16-12(14)19/h5-7H,3-4H2,1-2H3,(H3,14,16,19)/b15-7+. The number of thiocarbonyl (C=S) groups is 1. The first-order valence-corrected chi connectivity index (χ1v) is 7.16. The molecule has 0 spiro atoms. The summed E-state index contributed by atoms with van der Waals surface area (Å²) in [6, 6.07) is 3.79. The van der Waals surface area contributed by atoms with Gasteiger partial charge in [0.05, 0.1) is 23.5 Å². The van der Waals surface area contributed by atoms with Crippen molar-refractivity contribution in [2.75, 3.05) is 13.7 Å². The van der Waals surface area contributed by atoms with Gasteiger partial charge in [-0.05, 0) is 58.9 Å². The molecule has 7 heteroatoms. The second-order valence-corrected chi connectivity index (χ2v) is 5.22. The first-order valence-electron chi connectivity index (χ1n) is 5.67. The van der Waals surface area contributed by atoms with Gasteiger partial charge >= 0.3 is 0 Å². The molecule has 0 saturated heterocycles. The Kier molecular flexibility index (Phi) is 6.85. The van der Waals surface area contributed by atoms with E-state index >= 15 is 0 Å². The predicted molar refractivity (Wildman–Crippen MR) is 89.0 cm³/mol. The van der Waals surface area contributed by atoms with Crippen LogP contribution in [0, 0.1) is 3.57 Å². The minimum absolute atomic E-state index is 0.126. The summed E-state index contributed by atoms with van der Waals surface area (Å²) in [6.07, 6.45) is 2.56. The fraction of sp³-hybridized carbons (Fsp3) is 0.333. The molecule has 0 aliphatic heterocycles. The van der Waals surface area contributed by atoms with Gasteiger partial charge in [-0.3, -0.25) is 5.43 Å². The van der Waals surface area contributed by atoms with Crippen molar-refractivity contribution in [3.8, 4) is 11.5 Å². The van der Waals surface area contributed by atoms with E-state index in [9.17, 15) is 0 Å². The first-order chi connectivity index (χ1) is 9.08. The molecule has 0 fully saturated rings. The molecule has 1 aromatic rings. The SMILES string of the molecule is CCCOc1c(I)cc(/C=N/NC(N)=S)cc1OC. The summed E-state index contributed by atoms with van der Waals surface area (Å²) < 4.78 is 12.0. The predicted octanol–water partition coefficient (Wildman–Crippen LogP) is 2.26. The number of benzene rings is 1. The Morgan fingerprint density at radius 2 is 2.32 bits per heavy atom. The van der Waals surface area contributed by atoms with E-state index in [1.54, 1.807) is 13.3 Å². The molecule has 0 amide bonds. The maximum Gasteiger partial charge on any atom is 0.184 e. The molecule has 0 saturated carbocycles. The summed E-state index contributed by atoms with van der Waals surface area (Å²) in [7, 11) is 1.61. The topological polar surface area (TPSA) is 68.9 Å². The van der Waals surface area contributed by atoms with Crippen LogP contribution in [0.3, 0.4) is 0 Å². The van der Waals surface area contributed by atoms with Gasteiger partial charge in [0.1, 0.15) is 0 Å². The molecule has 0 atom stereocenters. The van der Waals surface area contributed by atoms with E-state index in [-0.39, 0.29) is 5.11 Å². The lowest BCUT2D eigenvalue weighted by molar-refractivity contribution is 0.292. The Morgan fingerprint density at radius 3 is 2.89 bits per heavy atom. The van der Waals surface area contributed by atoms with Gasteiger partial charge in [0.2, 0.25) is 0 Å². The third kappa shape index (κ3) is 5.19. The van der Waals surface area contributed by atoms with Gasteiger partial charge in [-0.2, -0.15) is 5.10 Å². The lowest BCUT2D eigenvalue weighted by Gasteiger charge is -2.12. The van der Waals surface area contributed by atoms with Crippen LogP contribution in [0.2, 0.25) is 0 Å². The molecule has 5 nitrogen and oxygen atoms in total. The molecule has 3 N–H and O–H groups in total. The maximum atomic E-state index is 5.67. The van der Waals surface area contributed by atoms with Crippen molar-refractivity contribution >= 4 is 46.1 Å². The van der Waals surface area contributed by atoms with Gasteiger partial charge in [0.25, 0.3) is 0 Å². The van der Waals surface area contributed by atoms with Crippen LogP contribution in [-0.2, 0) is 0 Å². The van der Waals surface area contributed by atoms with Crippen molar-refractivity contribution in [1.82, 2.24) is 5.43 Å². The van der Waals surface area contributed by atoms with Crippen molar-refractivity contribution in [3.63, 3.8) is 0 Å². The summed E-state index contributed by atoms with van der Waals surface area (Å²) in [4.78, 5) is 0. The Bertz CT molecular complexity index is 480. The van der Waals surface area contributed by atoms with Crippen LogP contribution >= 0.6 is 34.8 Å². The van der Waals surface area contributed by atoms with Crippen LogP contribution in [0.5, 0.6) is 11.5 Å². The van der Waals surface area contributed by atoms with Gasteiger partial charge in [-0.15, -0.1) is 0 Å². The fourth-order valence-corrected chi connectivity index (χ4v) is 2.16. The van der Waals surface area contributed by atoms with E-state index in [0.29, 0.717) is 12.4 Å². The molecule has 0 unspecified atom stereocenters. The van der Waals surface area contributed by atoms with Crippen LogP contribution in [-0.4, -0.2) is 25.0 Å². The summed E-state index contributed by atoms with van der Waals surface area (Å²) in [5.41, 5.74) is 8.66.